The molecule has 0 spiro atoms. The molecule has 0 aliphatic rings. The highest BCUT2D eigenvalue weighted by molar-refractivity contribution is 6.31. The Morgan fingerprint density at radius 2 is 0.717 bits per heavy atom. The van der Waals surface area contributed by atoms with Gasteiger partial charge in [-0.1, -0.05) is 268 Å². The summed E-state index contributed by atoms with van der Waals surface area (Å²) < 4.78 is 0. The van der Waals surface area contributed by atoms with Gasteiger partial charge in [-0.15, -0.1) is 0 Å². The molecule has 0 fully saturated rings. The molecule has 0 saturated heterocycles. The Labute approximate surface area is 374 Å². The lowest BCUT2D eigenvalue weighted by Crippen LogP contribution is -1.99. The fourth-order valence-corrected chi connectivity index (χ4v) is 8.29. The van der Waals surface area contributed by atoms with E-state index in [9.17, 15) is 0 Å². The summed E-state index contributed by atoms with van der Waals surface area (Å²) in [4.78, 5) is 9.97. The molecule has 0 aliphatic carbocycles. The Kier molecular flexibility index (Phi) is 37.0. The van der Waals surface area contributed by atoms with Crippen LogP contribution in [0.25, 0.3) is 12.2 Å². The number of hydrogen-bond donors (Lipinski definition) is 0. The molecular weight excluding hydrogens is 725 g/mol. The van der Waals surface area contributed by atoms with Crippen molar-refractivity contribution in [3.63, 3.8) is 0 Å². The van der Waals surface area contributed by atoms with Crippen LogP contribution in [0.2, 0.25) is 0 Å². The van der Waals surface area contributed by atoms with Gasteiger partial charge in [-0.3, -0.25) is 9.98 Å². The molecule has 0 N–H and O–H groups in total. The molecule has 2 aromatic carbocycles. The Morgan fingerprint density at radius 1 is 0.383 bits per heavy atom. The van der Waals surface area contributed by atoms with Crippen molar-refractivity contribution in [2.75, 3.05) is 0 Å². The maximum atomic E-state index is 5.07. The highest BCUT2D eigenvalue weighted by Crippen LogP contribution is 2.21. The number of unbranched alkanes of at least 4 members (excludes halogenated alkanes) is 33. The average molecular weight is 821 g/mol. The third-order valence-electron chi connectivity index (χ3n) is 12.2. The van der Waals surface area contributed by atoms with E-state index in [2.05, 4.69) is 93.6 Å². The van der Waals surface area contributed by atoms with Crippen LogP contribution in [0.15, 0.2) is 70.7 Å². The first-order valence-corrected chi connectivity index (χ1v) is 26.4. The van der Waals surface area contributed by atoms with Crippen LogP contribution in [0.4, 0.5) is 11.4 Å². The maximum Gasteiger partial charge on any atom is 0.0639 e. The number of aliphatic imine (C=N–C) groups is 2. The third kappa shape index (κ3) is 33.0. The van der Waals surface area contributed by atoms with Crippen molar-refractivity contribution in [2.45, 2.75) is 258 Å². The first-order valence-electron chi connectivity index (χ1n) is 26.4. The van der Waals surface area contributed by atoms with E-state index >= 15 is 0 Å². The van der Waals surface area contributed by atoms with Crippen LogP contribution in [-0.4, -0.2) is 11.9 Å². The summed E-state index contributed by atoms with van der Waals surface area (Å²) in [6, 6.07) is 17.3. The molecule has 2 nitrogen and oxygen atoms in total. The minimum absolute atomic E-state index is 0.943. The molecule has 0 aliphatic heterocycles. The SMILES string of the molecule is CCCCCCCCCCCCCCCCCCC=Cc1cccc(N=CC(CCCC)=Nc2cccc(C=CCCCCCCCCCCCCCCCCCC)c2)c1. The quantitative estimate of drug-likeness (QED) is 0.0471. The van der Waals surface area contributed by atoms with Crippen molar-refractivity contribution in [3.8, 4) is 0 Å². The zero-order chi connectivity index (χ0) is 42.7. The molecule has 0 amide bonds. The van der Waals surface area contributed by atoms with E-state index in [-0.39, 0.29) is 0 Å². The summed E-state index contributed by atoms with van der Waals surface area (Å²) >= 11 is 0. The number of rotatable bonds is 42. The largest absolute Gasteiger partial charge is 0.255 e. The Hall–Kier alpha value is -2.74. The first-order chi connectivity index (χ1) is 29.7. The van der Waals surface area contributed by atoms with Gasteiger partial charge in [-0.2, -0.15) is 0 Å². The third-order valence-corrected chi connectivity index (χ3v) is 12.2. The van der Waals surface area contributed by atoms with Crippen molar-refractivity contribution >= 4 is 35.5 Å². The molecule has 0 bridgehead atoms. The number of hydrogen-bond acceptors (Lipinski definition) is 2. The number of nitrogens with zero attached hydrogens (tertiary/aromatic N) is 2. The van der Waals surface area contributed by atoms with E-state index in [1.54, 1.807) is 0 Å². The van der Waals surface area contributed by atoms with Crippen LogP contribution in [0.5, 0.6) is 0 Å². The molecule has 0 saturated carbocycles. The van der Waals surface area contributed by atoms with Gasteiger partial charge in [0.1, 0.15) is 0 Å². The predicted octanol–water partition coefficient (Wildman–Crippen LogP) is 20.7. The molecule has 0 aromatic heterocycles. The minimum atomic E-state index is 0.943. The second-order valence-electron chi connectivity index (χ2n) is 18.1. The van der Waals surface area contributed by atoms with Crippen molar-refractivity contribution in [1.82, 2.24) is 0 Å². The fraction of sp³-hybridized carbons (Fsp3) is 0.690. The molecular formula is C58H96N2. The number of benzene rings is 2. The summed E-state index contributed by atoms with van der Waals surface area (Å²) in [6.45, 7) is 6.85. The lowest BCUT2D eigenvalue weighted by molar-refractivity contribution is 0.530. The van der Waals surface area contributed by atoms with Gasteiger partial charge >= 0.3 is 0 Å². The molecule has 0 heterocycles. The lowest BCUT2D eigenvalue weighted by atomic mass is 10.0. The van der Waals surface area contributed by atoms with E-state index in [4.69, 9.17) is 9.98 Å². The van der Waals surface area contributed by atoms with Gasteiger partial charge in [-0.25, -0.2) is 0 Å². The molecule has 2 aromatic rings. The predicted molar refractivity (Wildman–Crippen MR) is 274 cm³/mol. The van der Waals surface area contributed by atoms with Crippen molar-refractivity contribution in [1.29, 1.82) is 0 Å². The minimum Gasteiger partial charge on any atom is -0.255 e. The topological polar surface area (TPSA) is 24.7 Å². The highest BCUT2D eigenvalue weighted by atomic mass is 14.8. The van der Waals surface area contributed by atoms with Crippen LogP contribution < -0.4 is 0 Å². The van der Waals surface area contributed by atoms with Crippen molar-refractivity contribution < 1.29 is 0 Å². The fourth-order valence-electron chi connectivity index (χ4n) is 8.29. The Morgan fingerprint density at radius 3 is 1.10 bits per heavy atom. The standard InChI is InChI=1S/C58H96N2/c1-4-7-10-12-14-16-18-20-22-24-26-28-30-32-34-36-38-40-44-54-46-42-49-56(51-54)59-53-58(48-9-6-3)60-57-50-43-47-55(52-57)45-41-39-37-35-33-31-29-27-25-23-21-19-17-15-13-11-8-5-2/h40-47,49-53H,4-39,48H2,1-3H3. The second-order valence-corrected chi connectivity index (χ2v) is 18.1. The zero-order valence-electron chi connectivity index (χ0n) is 40.1. The van der Waals surface area contributed by atoms with Crippen LogP contribution in [-0.2, 0) is 0 Å². The number of allylic oxidation sites excluding steroid dienone is 2. The highest BCUT2D eigenvalue weighted by Gasteiger charge is 2.01. The maximum absolute atomic E-state index is 5.07. The molecule has 2 heteroatoms. The summed E-state index contributed by atoms with van der Waals surface area (Å²) in [5, 5.41) is 0. The molecule has 0 unspecified atom stereocenters. The molecule has 0 atom stereocenters. The lowest BCUT2D eigenvalue weighted by Gasteiger charge is -2.04. The van der Waals surface area contributed by atoms with Gasteiger partial charge in [0.25, 0.3) is 0 Å². The van der Waals surface area contributed by atoms with Gasteiger partial charge in [0.2, 0.25) is 0 Å². The first kappa shape index (κ1) is 53.4. The van der Waals surface area contributed by atoms with E-state index in [1.165, 1.54) is 217 Å². The summed E-state index contributed by atoms with van der Waals surface area (Å²) in [6.07, 6.45) is 62.2. The Balaban J connectivity index is 1.61. The smallest absolute Gasteiger partial charge is 0.0639 e. The normalized spacial score (nSPS) is 12.3. The summed E-state index contributed by atoms with van der Waals surface area (Å²) in [5.41, 5.74) is 5.53. The van der Waals surface area contributed by atoms with Crippen LogP contribution in [0, 0.1) is 0 Å². The van der Waals surface area contributed by atoms with Gasteiger partial charge in [0.05, 0.1) is 17.1 Å². The van der Waals surface area contributed by atoms with E-state index in [0.717, 1.165) is 49.2 Å². The van der Waals surface area contributed by atoms with Gasteiger partial charge in [0, 0.05) is 6.21 Å². The van der Waals surface area contributed by atoms with E-state index in [1.807, 2.05) is 6.21 Å². The van der Waals surface area contributed by atoms with Crippen LogP contribution in [0.3, 0.4) is 0 Å². The second kappa shape index (κ2) is 41.6. The summed E-state index contributed by atoms with van der Waals surface area (Å²) in [7, 11) is 0. The van der Waals surface area contributed by atoms with Crippen molar-refractivity contribution in [2.24, 2.45) is 9.98 Å². The molecule has 338 valence electrons. The average Bonchev–Trinajstić information content (AvgIpc) is 3.26. The van der Waals surface area contributed by atoms with Gasteiger partial charge in [0.15, 0.2) is 0 Å². The van der Waals surface area contributed by atoms with E-state index < -0.39 is 0 Å². The van der Waals surface area contributed by atoms with Gasteiger partial charge in [-0.05, 0) is 73.9 Å². The van der Waals surface area contributed by atoms with Crippen molar-refractivity contribution in [3.05, 3.63) is 71.8 Å². The zero-order valence-corrected chi connectivity index (χ0v) is 40.1. The van der Waals surface area contributed by atoms with Gasteiger partial charge < -0.3 is 0 Å². The molecule has 0 radical (unpaired) electrons. The summed E-state index contributed by atoms with van der Waals surface area (Å²) in [5.74, 6) is 0. The Bertz CT molecular complexity index is 1350. The van der Waals surface area contributed by atoms with E-state index in [0.29, 0.717) is 0 Å². The molecule has 2 rings (SSSR count). The van der Waals surface area contributed by atoms with Crippen LogP contribution in [0.1, 0.15) is 269 Å². The molecule has 60 heavy (non-hydrogen) atoms. The van der Waals surface area contributed by atoms with Crippen LogP contribution >= 0.6 is 0 Å². The monoisotopic (exact) mass is 821 g/mol.